The van der Waals surface area contributed by atoms with Crippen LogP contribution in [0.1, 0.15) is 50.5 Å². The lowest BCUT2D eigenvalue weighted by Gasteiger charge is -2.11. The van der Waals surface area contributed by atoms with Gasteiger partial charge in [0.05, 0.1) is 6.04 Å². The summed E-state index contributed by atoms with van der Waals surface area (Å²) < 4.78 is 5.31. The molecule has 25 heavy (non-hydrogen) atoms. The van der Waals surface area contributed by atoms with Gasteiger partial charge in [-0.15, -0.1) is 0 Å². The van der Waals surface area contributed by atoms with Crippen molar-refractivity contribution in [1.82, 2.24) is 20.8 Å². The minimum Gasteiger partial charge on any atom is -0.351 e. The fourth-order valence-corrected chi connectivity index (χ4v) is 2.99. The second-order valence-electron chi connectivity index (χ2n) is 6.53. The maximum Gasteiger partial charge on any atom is 0.237 e. The number of nitrogens with one attached hydrogen (secondary N) is 2. The molecule has 1 aromatic heterocycles. The number of carbonyl (C=O) groups is 1. The molecular formula is C19H26N4O2. The van der Waals surface area contributed by atoms with Crippen molar-refractivity contribution in [2.75, 3.05) is 6.54 Å². The summed E-state index contributed by atoms with van der Waals surface area (Å²) in [5.74, 6) is 1.40. The SMILES string of the molecule is CCCCCc1nc(-c2ccc(CNC(=O)C3CCCN3)cc2)no1. The first-order chi connectivity index (χ1) is 12.3. The van der Waals surface area contributed by atoms with Crippen molar-refractivity contribution in [3.8, 4) is 11.4 Å². The summed E-state index contributed by atoms with van der Waals surface area (Å²) in [5, 5.41) is 10.2. The molecule has 0 aliphatic carbocycles. The van der Waals surface area contributed by atoms with Crippen molar-refractivity contribution < 1.29 is 9.32 Å². The van der Waals surface area contributed by atoms with Gasteiger partial charge in [0, 0.05) is 18.5 Å². The van der Waals surface area contributed by atoms with Crippen LogP contribution in [0.3, 0.4) is 0 Å². The van der Waals surface area contributed by atoms with Gasteiger partial charge >= 0.3 is 0 Å². The van der Waals surface area contributed by atoms with E-state index in [2.05, 4.69) is 27.7 Å². The quantitative estimate of drug-likeness (QED) is 0.721. The van der Waals surface area contributed by atoms with Gasteiger partial charge < -0.3 is 15.2 Å². The second kappa shape index (κ2) is 8.76. The molecule has 1 saturated heterocycles. The summed E-state index contributed by atoms with van der Waals surface area (Å²) in [6.07, 6.45) is 6.25. The summed E-state index contributed by atoms with van der Waals surface area (Å²) >= 11 is 0. The lowest BCUT2D eigenvalue weighted by Crippen LogP contribution is -2.39. The molecule has 134 valence electrons. The Kier molecular flexibility index (Phi) is 6.17. The fraction of sp³-hybridized carbons (Fsp3) is 0.526. The predicted molar refractivity (Wildman–Crippen MR) is 95.8 cm³/mol. The summed E-state index contributed by atoms with van der Waals surface area (Å²) in [6, 6.07) is 7.88. The topological polar surface area (TPSA) is 80.0 Å². The smallest absolute Gasteiger partial charge is 0.237 e. The number of aryl methyl sites for hydroxylation is 1. The van der Waals surface area contributed by atoms with E-state index in [1.165, 1.54) is 12.8 Å². The molecule has 0 saturated carbocycles. The van der Waals surface area contributed by atoms with Crippen molar-refractivity contribution in [3.63, 3.8) is 0 Å². The molecule has 6 nitrogen and oxygen atoms in total. The lowest BCUT2D eigenvalue weighted by molar-refractivity contribution is -0.122. The first-order valence-electron chi connectivity index (χ1n) is 9.19. The average Bonchev–Trinajstić information content (AvgIpc) is 3.32. The van der Waals surface area contributed by atoms with Crippen LogP contribution in [0.2, 0.25) is 0 Å². The highest BCUT2D eigenvalue weighted by Gasteiger charge is 2.21. The van der Waals surface area contributed by atoms with Crippen molar-refractivity contribution in [3.05, 3.63) is 35.7 Å². The van der Waals surface area contributed by atoms with Crippen LogP contribution >= 0.6 is 0 Å². The van der Waals surface area contributed by atoms with Crippen LogP contribution in [0.25, 0.3) is 11.4 Å². The highest BCUT2D eigenvalue weighted by molar-refractivity contribution is 5.82. The van der Waals surface area contributed by atoms with Crippen molar-refractivity contribution >= 4 is 5.91 Å². The van der Waals surface area contributed by atoms with Crippen LogP contribution in [0, 0.1) is 0 Å². The van der Waals surface area contributed by atoms with Crippen molar-refractivity contribution in [2.45, 2.75) is 58.0 Å². The normalized spacial score (nSPS) is 16.9. The maximum atomic E-state index is 12.0. The molecule has 0 spiro atoms. The van der Waals surface area contributed by atoms with Gasteiger partial charge in [0.2, 0.25) is 17.6 Å². The Hall–Kier alpha value is -2.21. The van der Waals surface area contributed by atoms with Crippen molar-refractivity contribution in [1.29, 1.82) is 0 Å². The lowest BCUT2D eigenvalue weighted by atomic mass is 10.1. The number of aromatic nitrogens is 2. The first kappa shape index (κ1) is 17.6. The van der Waals surface area contributed by atoms with Gasteiger partial charge in [-0.2, -0.15) is 4.98 Å². The predicted octanol–water partition coefficient (Wildman–Crippen LogP) is 2.84. The molecule has 3 rings (SSSR count). The Morgan fingerprint density at radius 3 is 2.88 bits per heavy atom. The zero-order chi connectivity index (χ0) is 17.5. The first-order valence-corrected chi connectivity index (χ1v) is 9.19. The molecule has 1 fully saturated rings. The number of nitrogens with zero attached hydrogens (tertiary/aromatic N) is 2. The number of rotatable bonds is 8. The van der Waals surface area contributed by atoms with Gasteiger partial charge in [-0.3, -0.25) is 4.79 Å². The van der Waals surface area contributed by atoms with Gasteiger partial charge in [-0.05, 0) is 31.4 Å². The number of hydrogen-bond donors (Lipinski definition) is 2. The van der Waals surface area contributed by atoms with Gasteiger partial charge in [-0.1, -0.05) is 49.2 Å². The Bertz CT molecular complexity index is 675. The van der Waals surface area contributed by atoms with Gasteiger partial charge in [0.1, 0.15) is 0 Å². The van der Waals surface area contributed by atoms with Crippen LogP contribution < -0.4 is 10.6 Å². The van der Waals surface area contributed by atoms with Crippen LogP contribution in [0.15, 0.2) is 28.8 Å². The van der Waals surface area contributed by atoms with E-state index >= 15 is 0 Å². The number of hydrogen-bond acceptors (Lipinski definition) is 5. The Labute approximate surface area is 148 Å². The minimum atomic E-state index is -0.0373. The van der Waals surface area contributed by atoms with E-state index in [0.717, 1.165) is 43.4 Å². The molecule has 1 unspecified atom stereocenters. The van der Waals surface area contributed by atoms with E-state index in [-0.39, 0.29) is 11.9 Å². The van der Waals surface area contributed by atoms with Crippen molar-refractivity contribution in [2.24, 2.45) is 0 Å². The molecule has 1 aliphatic rings. The van der Waals surface area contributed by atoms with Crippen LogP contribution in [-0.2, 0) is 17.8 Å². The highest BCUT2D eigenvalue weighted by Crippen LogP contribution is 2.17. The highest BCUT2D eigenvalue weighted by atomic mass is 16.5. The average molecular weight is 342 g/mol. The van der Waals surface area contributed by atoms with Crippen LogP contribution in [0.5, 0.6) is 0 Å². The van der Waals surface area contributed by atoms with Crippen LogP contribution in [-0.4, -0.2) is 28.6 Å². The number of unbranched alkanes of at least 4 members (excludes halogenated alkanes) is 2. The molecule has 1 aromatic carbocycles. The molecule has 1 atom stereocenters. The summed E-state index contributed by atoms with van der Waals surface area (Å²) in [6.45, 7) is 3.64. The van der Waals surface area contributed by atoms with E-state index < -0.39 is 0 Å². The maximum absolute atomic E-state index is 12.0. The Morgan fingerprint density at radius 1 is 1.32 bits per heavy atom. The molecule has 2 aromatic rings. The Morgan fingerprint density at radius 2 is 2.16 bits per heavy atom. The summed E-state index contributed by atoms with van der Waals surface area (Å²) in [5.41, 5.74) is 1.99. The number of amides is 1. The second-order valence-corrected chi connectivity index (χ2v) is 6.53. The molecule has 2 N–H and O–H groups in total. The van der Waals surface area contributed by atoms with E-state index in [1.807, 2.05) is 24.3 Å². The third-order valence-electron chi connectivity index (χ3n) is 4.52. The molecule has 6 heteroatoms. The van der Waals surface area contributed by atoms with Crippen LogP contribution in [0.4, 0.5) is 0 Å². The zero-order valence-corrected chi connectivity index (χ0v) is 14.8. The monoisotopic (exact) mass is 342 g/mol. The number of carbonyl (C=O) groups excluding carboxylic acids is 1. The molecular weight excluding hydrogens is 316 g/mol. The molecule has 0 radical (unpaired) electrons. The third-order valence-corrected chi connectivity index (χ3v) is 4.52. The molecule has 2 heterocycles. The van der Waals surface area contributed by atoms with E-state index in [1.54, 1.807) is 0 Å². The van der Waals surface area contributed by atoms with Gasteiger partial charge in [0.25, 0.3) is 0 Å². The largest absolute Gasteiger partial charge is 0.351 e. The van der Waals surface area contributed by atoms with Gasteiger partial charge in [-0.25, -0.2) is 0 Å². The van der Waals surface area contributed by atoms with E-state index in [0.29, 0.717) is 18.3 Å². The molecule has 1 amide bonds. The Balaban J connectivity index is 1.52. The number of benzene rings is 1. The fourth-order valence-electron chi connectivity index (χ4n) is 2.99. The summed E-state index contributed by atoms with van der Waals surface area (Å²) in [7, 11) is 0. The van der Waals surface area contributed by atoms with E-state index in [9.17, 15) is 4.79 Å². The van der Waals surface area contributed by atoms with E-state index in [4.69, 9.17) is 4.52 Å². The standard InChI is InChI=1S/C19H26N4O2/c1-2-3-4-7-17-22-18(23-25-17)15-10-8-14(9-11-15)13-21-19(24)16-6-5-12-20-16/h8-11,16,20H,2-7,12-13H2,1H3,(H,21,24). The van der Waals surface area contributed by atoms with Gasteiger partial charge in [0.15, 0.2) is 0 Å². The molecule has 1 aliphatic heterocycles. The summed E-state index contributed by atoms with van der Waals surface area (Å²) in [4.78, 5) is 16.5. The zero-order valence-electron chi connectivity index (χ0n) is 14.8. The third kappa shape index (κ3) is 4.89. The minimum absolute atomic E-state index is 0.0373. The molecule has 0 bridgehead atoms.